The summed E-state index contributed by atoms with van der Waals surface area (Å²) >= 11 is 0. The van der Waals surface area contributed by atoms with Crippen molar-refractivity contribution in [1.82, 2.24) is 14.5 Å². The second-order valence-corrected chi connectivity index (χ2v) is 9.51. The summed E-state index contributed by atoms with van der Waals surface area (Å²) in [5.74, 6) is -0.446. The van der Waals surface area contributed by atoms with E-state index < -0.39 is 17.2 Å². The Morgan fingerprint density at radius 1 is 1.09 bits per heavy atom. The lowest BCUT2D eigenvalue weighted by atomic mass is 10.1. The van der Waals surface area contributed by atoms with Gasteiger partial charge in [0.25, 0.3) is 11.5 Å². The van der Waals surface area contributed by atoms with Crippen LogP contribution in [0.4, 0.5) is 11.4 Å². The number of carbonyl (C=O) groups excluding carboxylic acids is 2. The van der Waals surface area contributed by atoms with Crippen LogP contribution < -0.4 is 21.9 Å². The standard InChI is InChI=1S/C25H29N5O4/c1-13(2)12-30-21-20(24(33)29-25(30)34)18(11-19(28-21)15-8-9-15)23(32)27-17-7-5-6-16(10-17)26-22(31)14(3)4/h5-7,10-11,13-15H,8-9,12H2,1-4H3,(H,26,31)(H,27,32)(H,29,33,34). The molecule has 0 atom stereocenters. The molecule has 0 saturated heterocycles. The van der Waals surface area contributed by atoms with Gasteiger partial charge in [0, 0.05) is 35.4 Å². The van der Waals surface area contributed by atoms with Crippen LogP contribution in [0.3, 0.4) is 0 Å². The molecule has 2 heterocycles. The Labute approximate surface area is 196 Å². The summed E-state index contributed by atoms with van der Waals surface area (Å²) in [6.07, 6.45) is 1.91. The van der Waals surface area contributed by atoms with E-state index in [4.69, 9.17) is 0 Å². The van der Waals surface area contributed by atoms with Crippen molar-refractivity contribution in [2.45, 2.75) is 53.0 Å². The lowest BCUT2D eigenvalue weighted by Gasteiger charge is -2.15. The van der Waals surface area contributed by atoms with Gasteiger partial charge in [-0.2, -0.15) is 0 Å². The van der Waals surface area contributed by atoms with Crippen molar-refractivity contribution in [3.8, 4) is 0 Å². The summed E-state index contributed by atoms with van der Waals surface area (Å²) in [4.78, 5) is 57.7. The molecular weight excluding hydrogens is 434 g/mol. The van der Waals surface area contributed by atoms with E-state index in [1.54, 1.807) is 44.2 Å². The van der Waals surface area contributed by atoms with E-state index in [0.717, 1.165) is 12.8 Å². The van der Waals surface area contributed by atoms with Gasteiger partial charge in [-0.3, -0.25) is 23.9 Å². The highest BCUT2D eigenvalue weighted by molar-refractivity contribution is 6.12. The fourth-order valence-electron chi connectivity index (χ4n) is 3.75. The van der Waals surface area contributed by atoms with Crippen LogP contribution in [0.25, 0.3) is 11.0 Å². The van der Waals surface area contributed by atoms with E-state index in [0.29, 0.717) is 23.6 Å². The number of nitrogens with zero attached hydrogens (tertiary/aromatic N) is 2. The summed E-state index contributed by atoms with van der Waals surface area (Å²) in [5.41, 5.74) is 0.953. The van der Waals surface area contributed by atoms with Crippen molar-refractivity contribution < 1.29 is 9.59 Å². The van der Waals surface area contributed by atoms with E-state index >= 15 is 0 Å². The van der Waals surface area contributed by atoms with E-state index in [1.807, 2.05) is 13.8 Å². The first-order valence-electron chi connectivity index (χ1n) is 11.5. The molecule has 2 amide bonds. The molecular formula is C25H29N5O4. The van der Waals surface area contributed by atoms with E-state index in [9.17, 15) is 19.2 Å². The van der Waals surface area contributed by atoms with Crippen molar-refractivity contribution in [3.05, 3.63) is 62.4 Å². The molecule has 34 heavy (non-hydrogen) atoms. The van der Waals surface area contributed by atoms with Crippen LogP contribution in [0.15, 0.2) is 39.9 Å². The van der Waals surface area contributed by atoms with Gasteiger partial charge in [-0.1, -0.05) is 33.8 Å². The molecule has 9 heteroatoms. The number of aromatic nitrogens is 3. The number of fused-ring (bicyclic) bond motifs is 1. The number of anilines is 2. The Hall–Kier alpha value is -3.75. The highest BCUT2D eigenvalue weighted by Gasteiger charge is 2.29. The minimum Gasteiger partial charge on any atom is -0.326 e. The monoisotopic (exact) mass is 463 g/mol. The quantitative estimate of drug-likeness (QED) is 0.495. The number of carbonyl (C=O) groups is 2. The summed E-state index contributed by atoms with van der Waals surface area (Å²) in [6, 6.07) is 8.46. The fourth-order valence-corrected chi connectivity index (χ4v) is 3.75. The lowest BCUT2D eigenvalue weighted by molar-refractivity contribution is -0.118. The molecule has 0 unspecified atom stereocenters. The van der Waals surface area contributed by atoms with Gasteiger partial charge in [0.2, 0.25) is 5.91 Å². The minimum absolute atomic E-state index is 0.0893. The summed E-state index contributed by atoms with van der Waals surface area (Å²) < 4.78 is 1.44. The van der Waals surface area contributed by atoms with Crippen molar-refractivity contribution in [3.63, 3.8) is 0 Å². The van der Waals surface area contributed by atoms with Gasteiger partial charge in [-0.15, -0.1) is 0 Å². The Bertz CT molecular complexity index is 1380. The number of amides is 2. The lowest BCUT2D eigenvalue weighted by Crippen LogP contribution is -2.33. The molecule has 1 aliphatic carbocycles. The number of nitrogens with one attached hydrogen (secondary N) is 3. The van der Waals surface area contributed by atoms with Gasteiger partial charge in [0.05, 0.1) is 10.9 Å². The van der Waals surface area contributed by atoms with Crippen molar-refractivity contribution in [2.24, 2.45) is 11.8 Å². The third kappa shape index (κ3) is 4.93. The van der Waals surface area contributed by atoms with Crippen molar-refractivity contribution >= 4 is 34.2 Å². The zero-order valence-electron chi connectivity index (χ0n) is 19.8. The average Bonchev–Trinajstić information content (AvgIpc) is 3.61. The first-order chi connectivity index (χ1) is 16.1. The third-order valence-corrected chi connectivity index (χ3v) is 5.67. The number of rotatable bonds is 7. The predicted octanol–water partition coefficient (Wildman–Crippen LogP) is 3.47. The van der Waals surface area contributed by atoms with Gasteiger partial charge in [-0.25, -0.2) is 9.78 Å². The normalized spacial score (nSPS) is 13.5. The van der Waals surface area contributed by atoms with Crippen LogP contribution in [0.1, 0.15) is 62.5 Å². The van der Waals surface area contributed by atoms with E-state index in [1.165, 1.54) is 4.57 Å². The van der Waals surface area contributed by atoms with E-state index in [-0.39, 0.29) is 40.3 Å². The number of aromatic amines is 1. The molecule has 9 nitrogen and oxygen atoms in total. The highest BCUT2D eigenvalue weighted by atomic mass is 16.2. The number of H-pyrrole nitrogens is 1. The van der Waals surface area contributed by atoms with Crippen LogP contribution >= 0.6 is 0 Å². The Morgan fingerprint density at radius 3 is 2.38 bits per heavy atom. The highest BCUT2D eigenvalue weighted by Crippen LogP contribution is 2.40. The molecule has 1 aromatic carbocycles. The zero-order chi connectivity index (χ0) is 24.6. The number of hydrogen-bond acceptors (Lipinski definition) is 5. The molecule has 1 fully saturated rings. The fraction of sp³-hybridized carbons (Fsp3) is 0.400. The maximum atomic E-state index is 13.4. The van der Waals surface area contributed by atoms with Crippen molar-refractivity contribution in [2.75, 3.05) is 10.6 Å². The van der Waals surface area contributed by atoms with Crippen LogP contribution in [0, 0.1) is 11.8 Å². The minimum atomic E-state index is -0.641. The average molecular weight is 464 g/mol. The second-order valence-electron chi connectivity index (χ2n) is 9.51. The predicted molar refractivity (Wildman–Crippen MR) is 131 cm³/mol. The molecule has 0 aliphatic heterocycles. The molecule has 2 aromatic heterocycles. The number of hydrogen-bond donors (Lipinski definition) is 3. The second kappa shape index (κ2) is 9.24. The van der Waals surface area contributed by atoms with E-state index in [2.05, 4.69) is 20.6 Å². The molecule has 1 aliphatic rings. The van der Waals surface area contributed by atoms with Crippen LogP contribution in [-0.4, -0.2) is 26.3 Å². The Balaban J connectivity index is 1.77. The van der Waals surface area contributed by atoms with Gasteiger partial charge < -0.3 is 10.6 Å². The largest absolute Gasteiger partial charge is 0.330 e. The topological polar surface area (TPSA) is 126 Å². The number of benzene rings is 1. The summed E-state index contributed by atoms with van der Waals surface area (Å²) in [7, 11) is 0. The molecule has 4 rings (SSSR count). The van der Waals surface area contributed by atoms with Gasteiger partial charge >= 0.3 is 5.69 Å². The summed E-state index contributed by atoms with van der Waals surface area (Å²) in [6.45, 7) is 7.89. The van der Waals surface area contributed by atoms with Gasteiger partial charge in [0.15, 0.2) is 5.65 Å². The SMILES string of the molecule is CC(C)Cn1c(=O)[nH]c(=O)c2c(C(=O)Nc3cccc(NC(=O)C(C)C)c3)cc(C3CC3)nc21. The zero-order valence-corrected chi connectivity index (χ0v) is 19.8. The Morgan fingerprint density at radius 2 is 1.76 bits per heavy atom. The van der Waals surface area contributed by atoms with Crippen molar-refractivity contribution in [1.29, 1.82) is 0 Å². The summed E-state index contributed by atoms with van der Waals surface area (Å²) in [5, 5.41) is 5.72. The molecule has 0 spiro atoms. The Kier molecular flexibility index (Phi) is 6.37. The first-order valence-corrected chi connectivity index (χ1v) is 11.5. The molecule has 178 valence electrons. The third-order valence-electron chi connectivity index (χ3n) is 5.67. The van der Waals surface area contributed by atoms with Crippen LogP contribution in [0.5, 0.6) is 0 Å². The van der Waals surface area contributed by atoms with Crippen LogP contribution in [0.2, 0.25) is 0 Å². The first kappa shape index (κ1) is 23.4. The molecule has 0 bridgehead atoms. The molecule has 3 aromatic rings. The molecule has 0 radical (unpaired) electrons. The number of pyridine rings is 1. The smallest absolute Gasteiger partial charge is 0.326 e. The van der Waals surface area contributed by atoms with Gasteiger partial charge in [-0.05, 0) is 43.0 Å². The van der Waals surface area contributed by atoms with Crippen LogP contribution in [-0.2, 0) is 11.3 Å². The maximum absolute atomic E-state index is 13.4. The molecule has 3 N–H and O–H groups in total. The molecule has 1 saturated carbocycles. The maximum Gasteiger partial charge on any atom is 0.330 e. The van der Waals surface area contributed by atoms with Gasteiger partial charge in [0.1, 0.15) is 0 Å².